The van der Waals surface area contributed by atoms with Crippen LogP contribution in [0.2, 0.25) is 0 Å². The topological polar surface area (TPSA) is 168 Å². The number of fused-ring (bicyclic) bond motifs is 1. The number of aromatic nitrogens is 3. The number of nitrogens with two attached hydrogens (primary N) is 1. The van der Waals surface area contributed by atoms with E-state index in [-0.39, 0.29) is 31.5 Å². The molecule has 0 saturated carbocycles. The lowest BCUT2D eigenvalue weighted by Gasteiger charge is -2.25. The summed E-state index contributed by atoms with van der Waals surface area (Å²) in [6, 6.07) is 11.7. The number of anilines is 1. The number of carbonyl (C=O) groups is 1. The third-order valence-corrected chi connectivity index (χ3v) is 9.06. The van der Waals surface area contributed by atoms with Gasteiger partial charge >= 0.3 is 19.4 Å². The quantitative estimate of drug-likeness (QED) is 0.225. The Bertz CT molecular complexity index is 1420. The largest absolute Gasteiger partial charge is 0.464 e. The Morgan fingerprint density at radius 1 is 1.26 bits per heavy atom. The molecule has 12 nitrogen and oxygen atoms in total. The van der Waals surface area contributed by atoms with Crippen LogP contribution in [-0.4, -0.2) is 56.2 Å². The summed E-state index contributed by atoms with van der Waals surface area (Å²) in [5.74, 6) is -0.316. The normalized spacial score (nSPS) is 21.5. The van der Waals surface area contributed by atoms with Crippen LogP contribution in [0.3, 0.4) is 0 Å². The molecule has 1 aliphatic rings. The first kappa shape index (κ1) is 29.0. The van der Waals surface area contributed by atoms with E-state index in [9.17, 15) is 19.3 Å². The van der Waals surface area contributed by atoms with Gasteiger partial charge in [0.05, 0.1) is 29.9 Å². The van der Waals surface area contributed by atoms with E-state index in [1.807, 2.05) is 44.2 Å². The van der Waals surface area contributed by atoms with E-state index in [1.165, 1.54) is 29.6 Å². The average molecular weight is 578 g/mol. The molecule has 0 spiro atoms. The summed E-state index contributed by atoms with van der Waals surface area (Å²) in [6.07, 6.45) is 0.605. The first-order chi connectivity index (χ1) is 18.5. The van der Waals surface area contributed by atoms with Gasteiger partial charge in [-0.05, 0) is 24.3 Å². The Morgan fingerprint density at radius 3 is 2.74 bits per heavy atom. The fraction of sp³-hybridized carbons (Fsp3) is 0.440. The minimum absolute atomic E-state index is 0.129. The van der Waals surface area contributed by atoms with Gasteiger partial charge in [-0.2, -0.15) is 10.1 Å². The molecule has 5 atom stereocenters. The third kappa shape index (κ3) is 7.37. The number of nitrogens with one attached hydrogen (secondary N) is 1. The van der Waals surface area contributed by atoms with E-state index in [2.05, 4.69) is 15.1 Å². The lowest BCUT2D eigenvalue weighted by atomic mass is 10.1. The van der Waals surface area contributed by atoms with E-state index >= 15 is 0 Å². The number of carbonyl (C=O) groups excluding carboxylic acids is 1. The molecule has 3 aromatic rings. The predicted molar refractivity (Wildman–Crippen MR) is 148 cm³/mol. The number of aliphatic hydroxyl groups excluding tert-OH is 1. The van der Waals surface area contributed by atoms with Gasteiger partial charge in [-0.15, -0.1) is 11.8 Å². The van der Waals surface area contributed by atoms with Gasteiger partial charge in [0.15, 0.2) is 0 Å². The van der Waals surface area contributed by atoms with Crippen molar-refractivity contribution in [2.24, 2.45) is 5.92 Å². The van der Waals surface area contributed by atoms with Crippen LogP contribution in [-0.2, 0) is 18.6 Å². The molecule has 4 N–H and O–H groups in total. The van der Waals surface area contributed by atoms with Gasteiger partial charge in [-0.3, -0.25) is 13.9 Å². The van der Waals surface area contributed by atoms with E-state index in [4.69, 9.17) is 19.5 Å². The van der Waals surface area contributed by atoms with Gasteiger partial charge in [0.1, 0.15) is 18.1 Å². The van der Waals surface area contributed by atoms with Crippen LogP contribution in [0, 0.1) is 5.92 Å². The summed E-state index contributed by atoms with van der Waals surface area (Å²) < 4.78 is 32.3. The molecule has 0 bridgehead atoms. The highest BCUT2D eigenvalue weighted by Crippen LogP contribution is 2.49. The number of esters is 1. The second-order valence-corrected chi connectivity index (χ2v) is 12.7. The zero-order valence-electron chi connectivity index (χ0n) is 21.8. The monoisotopic (exact) mass is 577 g/mol. The molecular formula is C25H32N5O7PS. The Hall–Kier alpha value is -2.96. The van der Waals surface area contributed by atoms with Crippen molar-refractivity contribution in [3.63, 3.8) is 0 Å². The van der Waals surface area contributed by atoms with Crippen molar-refractivity contribution < 1.29 is 28.3 Å². The molecule has 14 heteroatoms. The molecule has 2 heterocycles. The molecular weight excluding hydrogens is 545 g/mol. The minimum atomic E-state index is -4.17. The highest BCUT2D eigenvalue weighted by Gasteiger charge is 2.39. The number of hydrogen-bond acceptors (Lipinski definition) is 11. The maximum Gasteiger partial charge on any atom is 0.459 e. The molecule has 39 heavy (non-hydrogen) atoms. The third-order valence-electron chi connectivity index (χ3n) is 5.90. The van der Waals surface area contributed by atoms with Crippen LogP contribution in [0.1, 0.15) is 32.6 Å². The summed E-state index contributed by atoms with van der Waals surface area (Å²) in [5.41, 5.74) is 4.88. The number of benzene rings is 2. The molecule has 1 saturated heterocycles. The first-order valence-electron chi connectivity index (χ1n) is 12.4. The molecule has 2 unspecified atom stereocenters. The molecule has 1 fully saturated rings. The SMILES string of the molecule is CC(C)COC(=O)[C@H](C)NP(=O)(OCC1S[C@@H](n2cnc(N)nc2=O)C[C@H]1O)Oc1cccc2ccccc12. The molecule has 0 aliphatic carbocycles. The van der Waals surface area contributed by atoms with E-state index in [0.717, 1.165) is 5.39 Å². The van der Waals surface area contributed by atoms with Crippen molar-refractivity contribution in [3.8, 4) is 5.75 Å². The zero-order chi connectivity index (χ0) is 28.2. The highest BCUT2D eigenvalue weighted by atomic mass is 32.2. The number of ether oxygens (including phenoxy) is 1. The number of nitrogens with zero attached hydrogens (tertiary/aromatic N) is 3. The fourth-order valence-electron chi connectivity index (χ4n) is 3.92. The molecule has 0 radical (unpaired) electrons. The van der Waals surface area contributed by atoms with Crippen LogP contribution in [0.4, 0.5) is 5.95 Å². The summed E-state index contributed by atoms with van der Waals surface area (Å²) in [6.45, 7) is 5.33. The van der Waals surface area contributed by atoms with Gasteiger partial charge in [0, 0.05) is 11.8 Å². The second kappa shape index (κ2) is 12.5. The standard InChI is InChI=1S/C25H32N5O7PS/c1-15(2)12-35-23(32)16(3)29-38(34,37-20-10-6-8-17-7-4-5-9-18(17)20)36-13-21-19(31)11-22(39-21)30-14-27-24(26)28-25(30)33/h4-10,14-16,19,21-22,31H,11-13H2,1-3H3,(H,29,34)(H2,26,28,33)/t16-,19+,21?,22+,38?/m0/s1. The second-order valence-electron chi connectivity index (χ2n) is 9.57. The number of hydrogen-bond donors (Lipinski definition) is 3. The molecule has 1 aromatic heterocycles. The first-order valence-corrected chi connectivity index (χ1v) is 14.9. The number of thioether (sulfide) groups is 1. The van der Waals surface area contributed by atoms with Crippen LogP contribution >= 0.6 is 19.5 Å². The van der Waals surface area contributed by atoms with Crippen LogP contribution in [0.25, 0.3) is 10.8 Å². The predicted octanol–water partition coefficient (Wildman–Crippen LogP) is 3.12. The molecule has 2 aromatic carbocycles. The average Bonchev–Trinajstić information content (AvgIpc) is 3.26. The van der Waals surface area contributed by atoms with Gasteiger partial charge in [0.2, 0.25) is 5.95 Å². The Balaban J connectivity index is 1.52. The van der Waals surface area contributed by atoms with E-state index in [1.54, 1.807) is 12.1 Å². The lowest BCUT2D eigenvalue weighted by molar-refractivity contribution is -0.146. The van der Waals surface area contributed by atoms with Crippen molar-refractivity contribution in [1.29, 1.82) is 0 Å². The van der Waals surface area contributed by atoms with Crippen molar-refractivity contribution >= 4 is 42.2 Å². The summed E-state index contributed by atoms with van der Waals surface area (Å²) >= 11 is 1.25. The highest BCUT2D eigenvalue weighted by molar-refractivity contribution is 8.00. The summed E-state index contributed by atoms with van der Waals surface area (Å²) in [7, 11) is -4.17. The molecule has 1 aliphatic heterocycles. The Kier molecular flexibility index (Phi) is 9.29. The molecule has 0 amide bonds. The fourth-order valence-corrected chi connectivity index (χ4v) is 6.98. The van der Waals surface area contributed by atoms with E-state index < -0.39 is 42.2 Å². The van der Waals surface area contributed by atoms with Crippen molar-refractivity contribution in [2.45, 2.75) is 50.0 Å². The van der Waals surface area contributed by atoms with Crippen LogP contribution in [0.5, 0.6) is 5.75 Å². The molecule has 4 rings (SSSR count). The maximum atomic E-state index is 14.0. The maximum absolute atomic E-state index is 14.0. The smallest absolute Gasteiger partial charge is 0.459 e. The number of rotatable bonds is 11. The van der Waals surface area contributed by atoms with Crippen LogP contribution < -0.4 is 21.0 Å². The van der Waals surface area contributed by atoms with E-state index in [0.29, 0.717) is 11.1 Å². The summed E-state index contributed by atoms with van der Waals surface area (Å²) in [4.78, 5) is 32.3. The minimum Gasteiger partial charge on any atom is -0.464 e. The summed E-state index contributed by atoms with van der Waals surface area (Å²) in [5, 5.41) is 13.9. The number of aliphatic hydroxyl groups is 1. The Morgan fingerprint density at radius 2 is 2.00 bits per heavy atom. The van der Waals surface area contributed by atoms with Crippen LogP contribution in [0.15, 0.2) is 53.6 Å². The van der Waals surface area contributed by atoms with Gasteiger partial charge in [-0.25, -0.2) is 14.3 Å². The van der Waals surface area contributed by atoms with Crippen molar-refractivity contribution in [1.82, 2.24) is 19.6 Å². The zero-order valence-corrected chi connectivity index (χ0v) is 23.5. The van der Waals surface area contributed by atoms with Gasteiger partial charge < -0.3 is 20.1 Å². The Labute approximate surface area is 229 Å². The van der Waals surface area contributed by atoms with Gasteiger partial charge in [0.25, 0.3) is 0 Å². The van der Waals surface area contributed by atoms with Gasteiger partial charge in [-0.1, -0.05) is 50.2 Å². The number of nitrogen functional groups attached to an aromatic ring is 1. The lowest BCUT2D eigenvalue weighted by Crippen LogP contribution is -2.36. The van der Waals surface area contributed by atoms with Crippen molar-refractivity contribution in [3.05, 3.63) is 59.3 Å². The van der Waals surface area contributed by atoms with Crippen molar-refractivity contribution in [2.75, 3.05) is 18.9 Å². The molecule has 210 valence electrons.